The zero-order valence-electron chi connectivity index (χ0n) is 11.8. The molecule has 1 aromatic heterocycles. The van der Waals surface area contributed by atoms with E-state index in [9.17, 15) is 27.5 Å². The van der Waals surface area contributed by atoms with Gasteiger partial charge in [-0.05, 0) is 19.9 Å². The number of hydrazone groups is 1. The van der Waals surface area contributed by atoms with Crippen molar-refractivity contribution in [2.24, 2.45) is 5.10 Å². The van der Waals surface area contributed by atoms with Gasteiger partial charge in [-0.1, -0.05) is 0 Å². The Hall–Kier alpha value is -1.97. The lowest BCUT2D eigenvalue weighted by Gasteiger charge is -2.30. The van der Waals surface area contributed by atoms with Gasteiger partial charge in [0.15, 0.2) is 0 Å². The van der Waals surface area contributed by atoms with E-state index in [4.69, 9.17) is 0 Å². The van der Waals surface area contributed by atoms with Gasteiger partial charge in [-0.15, -0.1) is 0 Å². The molecule has 0 saturated carbocycles. The third kappa shape index (κ3) is 2.82. The second kappa shape index (κ2) is 5.67. The topological polar surface area (TPSA) is 70.7 Å². The number of hydrogen-bond donors (Lipinski definition) is 1. The van der Waals surface area contributed by atoms with E-state index in [0.717, 1.165) is 0 Å². The molecule has 122 valence electrons. The molecule has 1 aliphatic rings. The molecule has 10 heteroatoms. The Morgan fingerprint density at radius 1 is 1.41 bits per heavy atom. The van der Waals surface area contributed by atoms with Crippen LogP contribution in [-0.4, -0.2) is 50.1 Å². The standard InChI is InChI=1S/C12H14F4N4O2/c1-6-3-7(2)19(17-6)5-9(21)20-12(22,11(15)16)4-8(18-20)10(13)14/h3,10-11,22H,4-5H2,1-2H3/t12-/m1/s1. The first-order valence-electron chi connectivity index (χ1n) is 6.35. The fourth-order valence-corrected chi connectivity index (χ4v) is 2.18. The maximum absolute atomic E-state index is 13.0. The molecule has 0 aromatic carbocycles. The van der Waals surface area contributed by atoms with Crippen LogP contribution in [0.1, 0.15) is 17.8 Å². The number of carbonyl (C=O) groups excluding carboxylic acids is 1. The van der Waals surface area contributed by atoms with E-state index >= 15 is 0 Å². The number of halogens is 4. The van der Waals surface area contributed by atoms with Crippen molar-refractivity contribution >= 4 is 11.6 Å². The van der Waals surface area contributed by atoms with Crippen LogP contribution in [-0.2, 0) is 11.3 Å². The lowest BCUT2D eigenvalue weighted by Crippen LogP contribution is -2.52. The summed E-state index contributed by atoms with van der Waals surface area (Å²) in [6.45, 7) is 2.82. The molecule has 2 heterocycles. The first-order chi connectivity index (χ1) is 10.1. The fraction of sp³-hybridized carbons (Fsp3) is 0.583. The molecule has 1 amide bonds. The molecule has 0 bridgehead atoms. The highest BCUT2D eigenvalue weighted by molar-refractivity contribution is 5.92. The molecule has 0 unspecified atom stereocenters. The Morgan fingerprint density at radius 2 is 2.05 bits per heavy atom. The predicted molar refractivity (Wildman–Crippen MR) is 67.6 cm³/mol. The van der Waals surface area contributed by atoms with E-state index in [1.54, 1.807) is 19.9 Å². The Bertz CT molecular complexity index is 616. The van der Waals surface area contributed by atoms with Crippen LogP contribution >= 0.6 is 0 Å². The molecule has 0 aliphatic carbocycles. The summed E-state index contributed by atoms with van der Waals surface area (Å²) in [6, 6.07) is 1.66. The molecule has 0 fully saturated rings. The SMILES string of the molecule is Cc1cc(C)n(CC(=O)N2N=C(C(F)F)C[C@@]2(O)C(F)F)n1. The van der Waals surface area contributed by atoms with Gasteiger partial charge in [-0.2, -0.15) is 15.2 Å². The lowest BCUT2D eigenvalue weighted by molar-refractivity contribution is -0.192. The average molecular weight is 322 g/mol. The average Bonchev–Trinajstić information content (AvgIpc) is 2.91. The third-order valence-electron chi connectivity index (χ3n) is 3.26. The minimum atomic E-state index is -3.43. The minimum absolute atomic E-state index is 0.0373. The van der Waals surface area contributed by atoms with Crippen molar-refractivity contribution in [3.05, 3.63) is 17.5 Å². The molecular weight excluding hydrogens is 308 g/mol. The monoisotopic (exact) mass is 322 g/mol. The lowest BCUT2D eigenvalue weighted by atomic mass is 10.1. The Labute approximate surface area is 123 Å². The molecule has 0 radical (unpaired) electrons. The van der Waals surface area contributed by atoms with Crippen LogP contribution in [0.25, 0.3) is 0 Å². The van der Waals surface area contributed by atoms with Crippen molar-refractivity contribution in [2.45, 2.75) is 45.4 Å². The van der Waals surface area contributed by atoms with Crippen molar-refractivity contribution in [3.8, 4) is 0 Å². The summed E-state index contributed by atoms with van der Waals surface area (Å²) in [6.07, 6.45) is -7.65. The smallest absolute Gasteiger partial charge is 0.287 e. The van der Waals surface area contributed by atoms with E-state index in [0.29, 0.717) is 11.4 Å². The minimum Gasteiger partial charge on any atom is -0.364 e. The molecule has 2 rings (SSSR count). The number of hydrogen-bond acceptors (Lipinski definition) is 4. The Morgan fingerprint density at radius 3 is 2.50 bits per heavy atom. The van der Waals surface area contributed by atoms with Crippen LogP contribution < -0.4 is 0 Å². The van der Waals surface area contributed by atoms with Gasteiger partial charge in [0, 0.05) is 12.1 Å². The molecule has 0 spiro atoms. The van der Waals surface area contributed by atoms with E-state index < -0.39 is 43.2 Å². The summed E-state index contributed by atoms with van der Waals surface area (Å²) in [5.74, 6) is -1.05. The van der Waals surface area contributed by atoms with E-state index in [2.05, 4.69) is 10.2 Å². The zero-order chi connectivity index (χ0) is 16.7. The van der Waals surface area contributed by atoms with E-state index in [1.807, 2.05) is 0 Å². The summed E-state index contributed by atoms with van der Waals surface area (Å²) in [5.41, 5.74) is -2.82. The molecule has 6 nitrogen and oxygen atoms in total. The normalized spacial score (nSPS) is 21.9. The highest BCUT2D eigenvalue weighted by atomic mass is 19.3. The Balaban J connectivity index is 2.27. The van der Waals surface area contributed by atoms with Crippen LogP contribution in [0.5, 0.6) is 0 Å². The van der Waals surface area contributed by atoms with E-state index in [-0.39, 0.29) is 5.01 Å². The molecule has 0 saturated heterocycles. The van der Waals surface area contributed by atoms with Crippen LogP contribution in [0, 0.1) is 13.8 Å². The summed E-state index contributed by atoms with van der Waals surface area (Å²) < 4.78 is 52.5. The largest absolute Gasteiger partial charge is 0.364 e. The highest BCUT2D eigenvalue weighted by Gasteiger charge is 2.53. The van der Waals surface area contributed by atoms with Crippen LogP contribution in [0.2, 0.25) is 0 Å². The van der Waals surface area contributed by atoms with Crippen molar-refractivity contribution in [3.63, 3.8) is 0 Å². The summed E-state index contributed by atoms with van der Waals surface area (Å²) in [4.78, 5) is 12.1. The number of aromatic nitrogens is 2. The summed E-state index contributed by atoms with van der Waals surface area (Å²) in [7, 11) is 0. The van der Waals surface area contributed by atoms with Gasteiger partial charge < -0.3 is 5.11 Å². The predicted octanol–water partition coefficient (Wildman–Crippen LogP) is 1.31. The third-order valence-corrected chi connectivity index (χ3v) is 3.26. The maximum Gasteiger partial charge on any atom is 0.287 e. The number of rotatable bonds is 4. The highest BCUT2D eigenvalue weighted by Crippen LogP contribution is 2.33. The fourth-order valence-electron chi connectivity index (χ4n) is 2.18. The molecule has 1 aliphatic heterocycles. The van der Waals surface area contributed by atoms with Gasteiger partial charge >= 0.3 is 0 Å². The zero-order valence-corrected chi connectivity index (χ0v) is 11.8. The van der Waals surface area contributed by atoms with E-state index in [1.165, 1.54) is 4.68 Å². The molecule has 1 aromatic rings. The second-order valence-corrected chi connectivity index (χ2v) is 5.04. The number of amides is 1. The van der Waals surface area contributed by atoms with Gasteiger partial charge in [-0.25, -0.2) is 17.6 Å². The number of aryl methyl sites for hydroxylation is 2. The number of aliphatic hydroxyl groups is 1. The summed E-state index contributed by atoms with van der Waals surface area (Å²) in [5, 5.41) is 17.0. The van der Waals surface area contributed by atoms with Gasteiger partial charge in [0.1, 0.15) is 12.3 Å². The van der Waals surface area contributed by atoms with Gasteiger partial charge in [0.2, 0.25) is 5.72 Å². The summed E-state index contributed by atoms with van der Waals surface area (Å²) >= 11 is 0. The molecule has 1 atom stereocenters. The van der Waals surface area contributed by atoms with Gasteiger partial charge in [0.25, 0.3) is 18.8 Å². The molecule has 1 N–H and O–H groups in total. The van der Waals surface area contributed by atoms with Crippen LogP contribution in [0.4, 0.5) is 17.6 Å². The number of alkyl halides is 4. The first kappa shape index (κ1) is 16.4. The van der Waals surface area contributed by atoms with Crippen LogP contribution in [0.3, 0.4) is 0 Å². The van der Waals surface area contributed by atoms with Crippen molar-refractivity contribution in [2.75, 3.05) is 0 Å². The number of nitrogens with zero attached hydrogens (tertiary/aromatic N) is 4. The second-order valence-electron chi connectivity index (χ2n) is 5.04. The maximum atomic E-state index is 13.0. The van der Waals surface area contributed by atoms with Gasteiger partial charge in [-0.3, -0.25) is 9.48 Å². The quantitative estimate of drug-likeness (QED) is 0.850. The van der Waals surface area contributed by atoms with Crippen molar-refractivity contribution in [1.29, 1.82) is 0 Å². The molecular formula is C12H14F4N4O2. The van der Waals surface area contributed by atoms with Gasteiger partial charge in [0.05, 0.1) is 5.69 Å². The first-order valence-corrected chi connectivity index (χ1v) is 6.35. The van der Waals surface area contributed by atoms with Crippen molar-refractivity contribution < 1.29 is 27.5 Å². The Kier molecular flexibility index (Phi) is 4.23. The van der Waals surface area contributed by atoms with Crippen molar-refractivity contribution in [1.82, 2.24) is 14.8 Å². The van der Waals surface area contributed by atoms with Crippen LogP contribution in [0.15, 0.2) is 11.2 Å². The number of carbonyl (C=O) groups is 1. The molecule has 22 heavy (non-hydrogen) atoms.